The Labute approximate surface area is 130 Å². The highest BCUT2D eigenvalue weighted by Gasteiger charge is 2.24. The van der Waals surface area contributed by atoms with Gasteiger partial charge in [0.05, 0.1) is 17.2 Å². The van der Waals surface area contributed by atoms with Crippen LogP contribution in [0.25, 0.3) is 0 Å². The number of nitrogens with zero attached hydrogens (tertiary/aromatic N) is 2. The summed E-state index contributed by atoms with van der Waals surface area (Å²) in [7, 11) is 3.70. The maximum atomic E-state index is 6.22. The predicted octanol–water partition coefficient (Wildman–Crippen LogP) is 2.25. The summed E-state index contributed by atoms with van der Waals surface area (Å²) in [5.41, 5.74) is 7.02. The van der Waals surface area contributed by atoms with E-state index < -0.39 is 0 Å². The van der Waals surface area contributed by atoms with Gasteiger partial charge in [0.25, 0.3) is 0 Å². The van der Waals surface area contributed by atoms with Crippen molar-refractivity contribution in [2.24, 2.45) is 5.73 Å². The molecular weight excluding hydrogens is 297 g/mol. The van der Waals surface area contributed by atoms with Crippen LogP contribution in [0.5, 0.6) is 5.75 Å². The van der Waals surface area contributed by atoms with Crippen molar-refractivity contribution in [3.63, 3.8) is 0 Å². The first-order valence-corrected chi connectivity index (χ1v) is 7.48. The molecular formula is C14H21Cl2N3O. The third-order valence-corrected chi connectivity index (χ3v) is 4.37. The van der Waals surface area contributed by atoms with E-state index in [1.807, 2.05) is 12.1 Å². The molecule has 1 atom stereocenters. The van der Waals surface area contributed by atoms with Gasteiger partial charge in [0.1, 0.15) is 0 Å². The second-order valence-corrected chi connectivity index (χ2v) is 5.92. The number of rotatable bonds is 4. The third kappa shape index (κ3) is 3.38. The van der Waals surface area contributed by atoms with E-state index in [-0.39, 0.29) is 6.04 Å². The fourth-order valence-electron chi connectivity index (χ4n) is 2.60. The Morgan fingerprint density at radius 3 is 2.20 bits per heavy atom. The summed E-state index contributed by atoms with van der Waals surface area (Å²) in [6.07, 6.45) is 0. The topological polar surface area (TPSA) is 41.7 Å². The van der Waals surface area contributed by atoms with E-state index in [1.165, 1.54) is 0 Å². The maximum absolute atomic E-state index is 6.22. The van der Waals surface area contributed by atoms with Crippen LogP contribution in [0.2, 0.25) is 10.0 Å². The second-order valence-electron chi connectivity index (χ2n) is 5.11. The lowest BCUT2D eigenvalue weighted by Crippen LogP contribution is -2.47. The molecule has 1 unspecified atom stereocenters. The van der Waals surface area contributed by atoms with Crippen molar-refractivity contribution in [3.05, 3.63) is 27.7 Å². The number of hydrogen-bond acceptors (Lipinski definition) is 4. The smallest absolute Gasteiger partial charge is 0.156 e. The number of benzene rings is 1. The first kappa shape index (κ1) is 15.9. The van der Waals surface area contributed by atoms with Crippen LogP contribution in [0.1, 0.15) is 11.6 Å². The van der Waals surface area contributed by atoms with Gasteiger partial charge in [-0.3, -0.25) is 4.90 Å². The zero-order chi connectivity index (χ0) is 14.7. The van der Waals surface area contributed by atoms with Gasteiger partial charge in [-0.05, 0) is 24.7 Å². The molecule has 112 valence electrons. The van der Waals surface area contributed by atoms with Crippen molar-refractivity contribution < 1.29 is 4.74 Å². The fourth-order valence-corrected chi connectivity index (χ4v) is 3.25. The second kappa shape index (κ2) is 6.96. The highest BCUT2D eigenvalue weighted by molar-refractivity contribution is 6.37. The minimum atomic E-state index is 0.143. The Morgan fingerprint density at radius 1 is 1.20 bits per heavy atom. The summed E-state index contributed by atoms with van der Waals surface area (Å²) in [6, 6.07) is 3.95. The van der Waals surface area contributed by atoms with Crippen molar-refractivity contribution in [3.8, 4) is 5.75 Å². The van der Waals surface area contributed by atoms with Crippen LogP contribution in [0.3, 0.4) is 0 Å². The Hall–Kier alpha value is -0.520. The van der Waals surface area contributed by atoms with Crippen molar-refractivity contribution in [1.29, 1.82) is 0 Å². The lowest BCUT2D eigenvalue weighted by atomic mass is 10.0. The van der Waals surface area contributed by atoms with Crippen LogP contribution in [-0.2, 0) is 0 Å². The molecule has 1 saturated heterocycles. The average molecular weight is 318 g/mol. The van der Waals surface area contributed by atoms with Gasteiger partial charge in [0, 0.05) is 38.8 Å². The van der Waals surface area contributed by atoms with Gasteiger partial charge in [0.15, 0.2) is 5.75 Å². The molecule has 1 aromatic rings. The van der Waals surface area contributed by atoms with E-state index >= 15 is 0 Å². The van der Waals surface area contributed by atoms with E-state index in [9.17, 15) is 0 Å². The van der Waals surface area contributed by atoms with Crippen LogP contribution in [0.4, 0.5) is 0 Å². The quantitative estimate of drug-likeness (QED) is 0.924. The Kier molecular flexibility index (Phi) is 5.52. The van der Waals surface area contributed by atoms with Crippen LogP contribution in [-0.4, -0.2) is 56.7 Å². The number of halogens is 2. The highest BCUT2D eigenvalue weighted by Crippen LogP contribution is 2.36. The number of likely N-dealkylation sites (N-methyl/N-ethyl adjacent to an activating group) is 1. The van der Waals surface area contributed by atoms with Gasteiger partial charge in [-0.25, -0.2) is 0 Å². The van der Waals surface area contributed by atoms with Gasteiger partial charge < -0.3 is 15.4 Å². The zero-order valence-corrected chi connectivity index (χ0v) is 13.4. The lowest BCUT2D eigenvalue weighted by molar-refractivity contribution is 0.114. The molecule has 0 saturated carbocycles. The molecule has 2 rings (SSSR count). The summed E-state index contributed by atoms with van der Waals surface area (Å²) in [4.78, 5) is 4.70. The molecule has 0 spiro atoms. The number of nitrogens with two attached hydrogens (primary N) is 1. The fraction of sp³-hybridized carbons (Fsp3) is 0.571. The molecule has 1 aliphatic heterocycles. The molecule has 6 heteroatoms. The van der Waals surface area contributed by atoms with E-state index in [0.717, 1.165) is 31.7 Å². The molecule has 0 radical (unpaired) electrons. The highest BCUT2D eigenvalue weighted by atomic mass is 35.5. The minimum Gasteiger partial charge on any atom is -0.494 e. The standard InChI is InChI=1S/C14H21Cl2N3O/c1-18-3-5-19(6-4-18)13(9-17)10-7-11(15)14(20-2)12(16)8-10/h7-8,13H,3-6,9,17H2,1-2H3. The van der Waals surface area contributed by atoms with Gasteiger partial charge >= 0.3 is 0 Å². The van der Waals surface area contributed by atoms with E-state index in [4.69, 9.17) is 33.7 Å². The zero-order valence-electron chi connectivity index (χ0n) is 11.9. The number of methoxy groups -OCH3 is 1. The predicted molar refractivity (Wildman–Crippen MR) is 83.9 cm³/mol. The van der Waals surface area contributed by atoms with Crippen molar-refractivity contribution in [1.82, 2.24) is 9.80 Å². The molecule has 1 aliphatic rings. The largest absolute Gasteiger partial charge is 0.494 e. The molecule has 2 N–H and O–H groups in total. The summed E-state index contributed by atoms with van der Waals surface area (Å²) >= 11 is 12.4. The molecule has 1 fully saturated rings. The molecule has 0 amide bonds. The van der Waals surface area contributed by atoms with Crippen molar-refractivity contribution >= 4 is 23.2 Å². The normalized spacial score (nSPS) is 19.1. The van der Waals surface area contributed by atoms with E-state index in [1.54, 1.807) is 7.11 Å². The van der Waals surface area contributed by atoms with Gasteiger partial charge in [0.2, 0.25) is 0 Å². The van der Waals surface area contributed by atoms with Gasteiger partial charge in [-0.15, -0.1) is 0 Å². The molecule has 20 heavy (non-hydrogen) atoms. The Bertz CT molecular complexity index is 439. The van der Waals surface area contributed by atoms with Gasteiger partial charge in [-0.1, -0.05) is 23.2 Å². The number of hydrogen-bond donors (Lipinski definition) is 1. The molecule has 0 bridgehead atoms. The SMILES string of the molecule is COc1c(Cl)cc(C(CN)N2CCN(C)CC2)cc1Cl. The Balaban J connectivity index is 2.23. The summed E-state index contributed by atoms with van der Waals surface area (Å²) in [5, 5.41) is 1.06. The van der Waals surface area contributed by atoms with Crippen molar-refractivity contribution in [2.75, 3.05) is 46.9 Å². The average Bonchev–Trinajstić information content (AvgIpc) is 2.41. The van der Waals surface area contributed by atoms with E-state index in [2.05, 4.69) is 16.8 Å². The third-order valence-electron chi connectivity index (χ3n) is 3.81. The monoisotopic (exact) mass is 317 g/mol. The molecule has 1 heterocycles. The molecule has 1 aromatic carbocycles. The molecule has 0 aliphatic carbocycles. The number of ether oxygens (including phenoxy) is 1. The Morgan fingerprint density at radius 2 is 1.75 bits per heavy atom. The van der Waals surface area contributed by atoms with Crippen LogP contribution in [0.15, 0.2) is 12.1 Å². The minimum absolute atomic E-state index is 0.143. The molecule has 0 aromatic heterocycles. The molecule has 4 nitrogen and oxygen atoms in total. The van der Waals surface area contributed by atoms with Crippen molar-refractivity contribution in [2.45, 2.75) is 6.04 Å². The van der Waals surface area contributed by atoms with Gasteiger partial charge in [-0.2, -0.15) is 0 Å². The summed E-state index contributed by atoms with van der Waals surface area (Å²) in [6.45, 7) is 4.64. The van der Waals surface area contributed by atoms with Crippen LogP contribution < -0.4 is 10.5 Å². The lowest BCUT2D eigenvalue weighted by Gasteiger charge is -2.37. The maximum Gasteiger partial charge on any atom is 0.156 e. The van der Waals surface area contributed by atoms with Crippen LogP contribution in [0, 0.1) is 0 Å². The summed E-state index contributed by atoms with van der Waals surface area (Å²) < 4.78 is 5.19. The first-order chi connectivity index (χ1) is 9.56. The number of piperazine rings is 1. The first-order valence-electron chi connectivity index (χ1n) is 6.72. The summed E-state index contributed by atoms with van der Waals surface area (Å²) in [5.74, 6) is 0.520. The van der Waals surface area contributed by atoms with E-state index in [0.29, 0.717) is 22.3 Å². The van der Waals surface area contributed by atoms with Crippen LogP contribution >= 0.6 is 23.2 Å².